The van der Waals surface area contributed by atoms with Gasteiger partial charge >= 0.3 is 0 Å². The van der Waals surface area contributed by atoms with Crippen molar-refractivity contribution in [2.75, 3.05) is 5.32 Å². The molecule has 0 aliphatic rings. The lowest BCUT2D eigenvalue weighted by Gasteiger charge is -2.02. The lowest BCUT2D eigenvalue weighted by atomic mass is 10.1. The molecule has 0 spiro atoms. The summed E-state index contributed by atoms with van der Waals surface area (Å²) in [6.07, 6.45) is 0.816. The number of hydrogen-bond donors (Lipinski definition) is 3. The molecule has 6 nitrogen and oxygen atoms in total. The smallest absolute Gasteiger partial charge is 0.256 e. The summed E-state index contributed by atoms with van der Waals surface area (Å²) in [6, 6.07) is 7.89. The van der Waals surface area contributed by atoms with Gasteiger partial charge in [-0.15, -0.1) is 0 Å². The Balaban J connectivity index is 2.09. The van der Waals surface area contributed by atoms with Crippen LogP contribution in [0.4, 0.5) is 5.82 Å². The molecule has 0 radical (unpaired) electrons. The molecule has 1 aromatic heterocycles. The molecule has 0 aliphatic carbocycles. The Morgan fingerprint density at radius 1 is 1.26 bits per heavy atom. The third-order valence-electron chi connectivity index (χ3n) is 2.69. The van der Waals surface area contributed by atoms with Gasteiger partial charge in [0.05, 0.1) is 0 Å². The normalized spacial score (nSPS) is 10.2. The number of carbonyl (C=O) groups excluding carboxylic acids is 2. The van der Waals surface area contributed by atoms with E-state index in [4.69, 9.17) is 5.73 Å². The van der Waals surface area contributed by atoms with E-state index < -0.39 is 5.91 Å². The lowest BCUT2D eigenvalue weighted by Crippen LogP contribution is -2.14. The van der Waals surface area contributed by atoms with Gasteiger partial charge in [0.15, 0.2) is 5.82 Å². The summed E-state index contributed by atoms with van der Waals surface area (Å²) in [7, 11) is 0. The molecule has 4 N–H and O–H groups in total. The van der Waals surface area contributed by atoms with Gasteiger partial charge in [-0.3, -0.25) is 14.7 Å². The van der Waals surface area contributed by atoms with Crippen molar-refractivity contribution in [2.24, 2.45) is 5.73 Å². The van der Waals surface area contributed by atoms with Crippen LogP contribution >= 0.6 is 0 Å². The Hall–Kier alpha value is -2.63. The summed E-state index contributed by atoms with van der Waals surface area (Å²) < 4.78 is 0. The molecule has 0 atom stereocenters. The molecular weight excluding hydrogens is 244 g/mol. The second kappa shape index (κ2) is 5.34. The van der Waals surface area contributed by atoms with Crippen LogP contribution in [0.1, 0.15) is 33.3 Å². The van der Waals surface area contributed by atoms with Gasteiger partial charge in [0.25, 0.3) is 5.91 Å². The number of aromatic nitrogens is 2. The first kappa shape index (κ1) is 12.8. The summed E-state index contributed by atoms with van der Waals surface area (Å²) in [5, 5.41) is 9.44. The van der Waals surface area contributed by atoms with Gasteiger partial charge in [0.2, 0.25) is 5.91 Å². The quantitative estimate of drug-likeness (QED) is 0.770. The molecule has 0 saturated carbocycles. The van der Waals surface area contributed by atoms with Crippen LogP contribution in [0.15, 0.2) is 30.3 Å². The Kier molecular flexibility index (Phi) is 3.61. The number of nitrogens with one attached hydrogen (secondary N) is 2. The van der Waals surface area contributed by atoms with Crippen molar-refractivity contribution >= 4 is 17.6 Å². The fourth-order valence-corrected chi connectivity index (χ4v) is 1.58. The van der Waals surface area contributed by atoms with Crippen LogP contribution in [0.3, 0.4) is 0 Å². The molecule has 2 rings (SSSR count). The first-order chi connectivity index (χ1) is 9.10. The average molecular weight is 258 g/mol. The van der Waals surface area contributed by atoms with Crippen LogP contribution in [-0.4, -0.2) is 22.0 Å². The number of aromatic amines is 1. The van der Waals surface area contributed by atoms with E-state index in [2.05, 4.69) is 15.5 Å². The Bertz CT molecular complexity index is 601. The maximum atomic E-state index is 11.9. The molecule has 0 fully saturated rings. The van der Waals surface area contributed by atoms with Crippen LogP contribution < -0.4 is 11.1 Å². The third kappa shape index (κ3) is 2.98. The van der Waals surface area contributed by atoms with Crippen LogP contribution in [0.5, 0.6) is 0 Å². The number of aryl methyl sites for hydroxylation is 1. The molecule has 6 heteroatoms. The van der Waals surface area contributed by atoms with E-state index in [1.165, 1.54) is 12.1 Å². The number of primary amides is 1. The molecule has 0 aliphatic heterocycles. The van der Waals surface area contributed by atoms with Crippen LogP contribution in [-0.2, 0) is 6.42 Å². The minimum atomic E-state index is -0.521. The molecule has 1 aromatic carbocycles. The number of carbonyl (C=O) groups is 2. The fraction of sp³-hybridized carbons (Fsp3) is 0.154. The molecule has 0 unspecified atom stereocenters. The zero-order valence-corrected chi connectivity index (χ0v) is 10.4. The highest BCUT2D eigenvalue weighted by atomic mass is 16.2. The molecule has 19 heavy (non-hydrogen) atoms. The number of anilines is 1. The van der Waals surface area contributed by atoms with Crippen molar-refractivity contribution in [3.63, 3.8) is 0 Å². The van der Waals surface area contributed by atoms with Gasteiger partial charge in [0, 0.05) is 22.9 Å². The molecule has 2 aromatic rings. The predicted molar refractivity (Wildman–Crippen MR) is 70.9 cm³/mol. The van der Waals surface area contributed by atoms with E-state index in [1.807, 2.05) is 6.92 Å². The number of nitrogens with two attached hydrogens (primary N) is 1. The lowest BCUT2D eigenvalue weighted by molar-refractivity contribution is 0.0995. The molecule has 1 heterocycles. The zero-order valence-electron chi connectivity index (χ0n) is 10.4. The Labute approximate surface area is 110 Å². The summed E-state index contributed by atoms with van der Waals surface area (Å²) >= 11 is 0. The fourth-order valence-electron chi connectivity index (χ4n) is 1.58. The van der Waals surface area contributed by atoms with E-state index in [0.717, 1.165) is 12.1 Å². The predicted octanol–water partition coefficient (Wildman–Crippen LogP) is 1.32. The van der Waals surface area contributed by atoms with Crippen molar-refractivity contribution < 1.29 is 9.59 Å². The van der Waals surface area contributed by atoms with Gasteiger partial charge in [-0.2, -0.15) is 5.10 Å². The van der Waals surface area contributed by atoms with Crippen molar-refractivity contribution in [3.05, 3.63) is 47.2 Å². The summed E-state index contributed by atoms with van der Waals surface area (Å²) in [5.41, 5.74) is 6.87. The largest absolute Gasteiger partial charge is 0.366 e. The van der Waals surface area contributed by atoms with E-state index in [-0.39, 0.29) is 5.91 Å². The van der Waals surface area contributed by atoms with E-state index in [9.17, 15) is 9.59 Å². The molecular formula is C13H14N4O2. The first-order valence-corrected chi connectivity index (χ1v) is 5.85. The SMILES string of the molecule is CCc1cc(NC(=O)c2ccc(C(N)=O)cc2)n[nH]1. The van der Waals surface area contributed by atoms with E-state index >= 15 is 0 Å². The summed E-state index contributed by atoms with van der Waals surface area (Å²) in [6.45, 7) is 1.99. The minimum Gasteiger partial charge on any atom is -0.366 e. The van der Waals surface area contributed by atoms with Crippen molar-refractivity contribution in [3.8, 4) is 0 Å². The summed E-state index contributed by atoms with van der Waals surface area (Å²) in [4.78, 5) is 22.8. The average Bonchev–Trinajstić information content (AvgIpc) is 2.86. The number of rotatable bonds is 4. The number of H-pyrrole nitrogens is 1. The second-order valence-electron chi connectivity index (χ2n) is 4.03. The van der Waals surface area contributed by atoms with Crippen LogP contribution in [0, 0.1) is 0 Å². The highest BCUT2D eigenvalue weighted by Crippen LogP contribution is 2.09. The van der Waals surface area contributed by atoms with Crippen LogP contribution in [0.25, 0.3) is 0 Å². The minimum absolute atomic E-state index is 0.287. The van der Waals surface area contributed by atoms with Gasteiger partial charge in [-0.25, -0.2) is 0 Å². The zero-order chi connectivity index (χ0) is 13.8. The number of nitrogens with zero attached hydrogens (tertiary/aromatic N) is 1. The topological polar surface area (TPSA) is 101 Å². The van der Waals surface area contributed by atoms with Crippen molar-refractivity contribution in [2.45, 2.75) is 13.3 Å². The number of amides is 2. The first-order valence-electron chi connectivity index (χ1n) is 5.85. The van der Waals surface area contributed by atoms with Gasteiger partial charge in [-0.1, -0.05) is 6.92 Å². The highest BCUT2D eigenvalue weighted by Gasteiger charge is 2.09. The number of benzene rings is 1. The maximum Gasteiger partial charge on any atom is 0.256 e. The second-order valence-corrected chi connectivity index (χ2v) is 4.03. The Morgan fingerprint density at radius 2 is 1.89 bits per heavy atom. The Morgan fingerprint density at radius 3 is 2.42 bits per heavy atom. The standard InChI is InChI=1S/C13H14N4O2/c1-2-10-7-11(17-16-10)15-13(19)9-5-3-8(4-6-9)12(14)18/h3-7H,2H2,1H3,(H2,14,18)(H2,15,16,17,19). The van der Waals surface area contributed by atoms with Gasteiger partial charge < -0.3 is 11.1 Å². The van der Waals surface area contributed by atoms with Crippen molar-refractivity contribution in [1.29, 1.82) is 0 Å². The molecule has 0 bridgehead atoms. The van der Waals surface area contributed by atoms with Gasteiger partial charge in [-0.05, 0) is 30.7 Å². The highest BCUT2D eigenvalue weighted by molar-refractivity contribution is 6.04. The molecule has 0 saturated heterocycles. The molecule has 98 valence electrons. The van der Waals surface area contributed by atoms with Crippen molar-refractivity contribution in [1.82, 2.24) is 10.2 Å². The monoisotopic (exact) mass is 258 g/mol. The summed E-state index contributed by atoms with van der Waals surface area (Å²) in [5.74, 6) is -0.335. The van der Waals surface area contributed by atoms with Gasteiger partial charge in [0.1, 0.15) is 0 Å². The van der Waals surface area contributed by atoms with Crippen LogP contribution in [0.2, 0.25) is 0 Å². The molecule has 2 amide bonds. The third-order valence-corrected chi connectivity index (χ3v) is 2.69. The van der Waals surface area contributed by atoms with E-state index in [1.54, 1.807) is 18.2 Å². The number of hydrogen-bond acceptors (Lipinski definition) is 3. The van der Waals surface area contributed by atoms with E-state index in [0.29, 0.717) is 16.9 Å². The maximum absolute atomic E-state index is 11.9.